The number of pyridine rings is 1. The Bertz CT molecular complexity index is 1350. The summed E-state index contributed by atoms with van der Waals surface area (Å²) in [5.74, 6) is 0.781. The summed E-state index contributed by atoms with van der Waals surface area (Å²) in [6, 6.07) is 6.34. The standard InChI is InChI=1S/C25H28N4O4S/c1-6-19(33-23-11-12-26-22-10-9-20(34(31)32)14-21(22)23)8-7-17(2)13-24(30)28-18-15-27-29(16-18)25(3,4)5/h6-12,14-16,34H,2,13H2,1,3-5H3,(H,28,30)/b8-7-,19-6+. The first-order valence-corrected chi connectivity index (χ1v) is 11.8. The topological polar surface area (TPSA) is 103 Å². The molecule has 0 radical (unpaired) electrons. The van der Waals surface area contributed by atoms with Gasteiger partial charge in [0.25, 0.3) is 0 Å². The van der Waals surface area contributed by atoms with Crippen LogP contribution in [0.4, 0.5) is 5.69 Å². The Morgan fingerprint density at radius 2 is 2.00 bits per heavy atom. The van der Waals surface area contributed by atoms with E-state index < -0.39 is 10.7 Å². The van der Waals surface area contributed by atoms with Gasteiger partial charge >= 0.3 is 0 Å². The van der Waals surface area contributed by atoms with E-state index in [9.17, 15) is 13.2 Å². The molecular formula is C25H28N4O4S. The van der Waals surface area contributed by atoms with E-state index in [4.69, 9.17) is 4.74 Å². The highest BCUT2D eigenvalue weighted by molar-refractivity contribution is 7.72. The molecule has 1 amide bonds. The zero-order valence-corrected chi connectivity index (χ0v) is 20.5. The van der Waals surface area contributed by atoms with Gasteiger partial charge in [-0.15, -0.1) is 0 Å². The summed E-state index contributed by atoms with van der Waals surface area (Å²) in [7, 11) is -2.72. The third-order valence-corrected chi connectivity index (χ3v) is 5.53. The molecule has 2 heterocycles. The Kier molecular flexibility index (Phi) is 7.68. The molecule has 0 bridgehead atoms. The van der Waals surface area contributed by atoms with Crippen LogP contribution in [0.15, 0.2) is 83.9 Å². The van der Waals surface area contributed by atoms with Gasteiger partial charge in [0.1, 0.15) is 11.5 Å². The van der Waals surface area contributed by atoms with Gasteiger partial charge in [-0.3, -0.25) is 14.5 Å². The van der Waals surface area contributed by atoms with Crippen molar-refractivity contribution in [1.82, 2.24) is 14.8 Å². The number of rotatable bonds is 8. The fourth-order valence-corrected chi connectivity index (χ4v) is 3.48. The minimum Gasteiger partial charge on any atom is -0.457 e. The number of hydrogen-bond donors (Lipinski definition) is 2. The van der Waals surface area contributed by atoms with Gasteiger partial charge in [-0.2, -0.15) is 5.10 Å². The molecular weight excluding hydrogens is 452 g/mol. The average Bonchev–Trinajstić information content (AvgIpc) is 3.25. The van der Waals surface area contributed by atoms with Crippen LogP contribution in [0.2, 0.25) is 0 Å². The number of anilines is 1. The molecule has 34 heavy (non-hydrogen) atoms. The lowest BCUT2D eigenvalue weighted by molar-refractivity contribution is -0.115. The van der Waals surface area contributed by atoms with Crippen LogP contribution in [-0.2, 0) is 21.0 Å². The minimum absolute atomic E-state index is 0.103. The van der Waals surface area contributed by atoms with Crippen molar-refractivity contribution >= 4 is 33.2 Å². The fourth-order valence-electron chi connectivity index (χ4n) is 3.05. The molecule has 0 fully saturated rings. The van der Waals surface area contributed by atoms with Crippen LogP contribution >= 0.6 is 0 Å². The van der Waals surface area contributed by atoms with E-state index in [1.807, 2.05) is 27.7 Å². The fraction of sp³-hybridized carbons (Fsp3) is 0.240. The zero-order chi connectivity index (χ0) is 24.9. The third kappa shape index (κ3) is 6.41. The molecule has 0 unspecified atom stereocenters. The number of hydrogen-bond acceptors (Lipinski definition) is 6. The van der Waals surface area contributed by atoms with Gasteiger partial charge in [0.05, 0.1) is 34.3 Å². The van der Waals surface area contributed by atoms with Gasteiger partial charge in [0.2, 0.25) is 5.91 Å². The molecule has 9 heteroatoms. The van der Waals surface area contributed by atoms with E-state index in [0.717, 1.165) is 0 Å². The van der Waals surface area contributed by atoms with Crippen molar-refractivity contribution < 1.29 is 17.9 Å². The van der Waals surface area contributed by atoms with Gasteiger partial charge in [0, 0.05) is 17.8 Å². The number of fused-ring (bicyclic) bond motifs is 1. The molecule has 0 saturated carbocycles. The lowest BCUT2D eigenvalue weighted by Crippen LogP contribution is -2.22. The van der Waals surface area contributed by atoms with Gasteiger partial charge in [-0.25, -0.2) is 8.42 Å². The van der Waals surface area contributed by atoms with Gasteiger partial charge in [-0.1, -0.05) is 12.7 Å². The van der Waals surface area contributed by atoms with Crippen LogP contribution in [0.1, 0.15) is 34.1 Å². The lowest BCUT2D eigenvalue weighted by Gasteiger charge is -2.18. The number of benzene rings is 1. The van der Waals surface area contributed by atoms with Gasteiger partial charge in [0.15, 0.2) is 10.7 Å². The normalized spacial score (nSPS) is 12.4. The first-order valence-electron chi connectivity index (χ1n) is 10.6. The molecule has 178 valence electrons. The average molecular weight is 481 g/mol. The molecule has 0 aliphatic heterocycles. The number of nitrogens with one attached hydrogen (secondary N) is 1. The number of carbonyl (C=O) groups is 1. The van der Waals surface area contributed by atoms with Crippen LogP contribution < -0.4 is 10.1 Å². The minimum atomic E-state index is -2.72. The van der Waals surface area contributed by atoms with Crippen molar-refractivity contribution in [3.8, 4) is 5.75 Å². The molecule has 2 aromatic heterocycles. The Hall–Kier alpha value is -3.72. The van der Waals surface area contributed by atoms with Crippen LogP contribution in [0, 0.1) is 0 Å². The summed E-state index contributed by atoms with van der Waals surface area (Å²) in [5, 5.41) is 7.68. The molecule has 0 spiro atoms. The Labute approximate surface area is 200 Å². The number of aromatic nitrogens is 3. The second-order valence-corrected chi connectivity index (χ2v) is 9.65. The van der Waals surface area contributed by atoms with Crippen molar-refractivity contribution in [1.29, 1.82) is 0 Å². The molecule has 3 rings (SSSR count). The molecule has 0 atom stereocenters. The van der Waals surface area contributed by atoms with E-state index in [1.54, 1.807) is 53.6 Å². The van der Waals surface area contributed by atoms with Crippen molar-refractivity contribution in [3.63, 3.8) is 0 Å². The maximum atomic E-state index is 12.4. The van der Waals surface area contributed by atoms with E-state index in [1.165, 1.54) is 12.1 Å². The number of ether oxygens (including phenoxy) is 1. The first-order chi connectivity index (χ1) is 16.1. The van der Waals surface area contributed by atoms with E-state index in [0.29, 0.717) is 33.7 Å². The summed E-state index contributed by atoms with van der Waals surface area (Å²) in [5.41, 5.74) is 1.66. The van der Waals surface area contributed by atoms with Crippen LogP contribution in [-0.4, -0.2) is 29.1 Å². The van der Waals surface area contributed by atoms with Crippen LogP contribution in [0.25, 0.3) is 10.9 Å². The zero-order valence-electron chi connectivity index (χ0n) is 19.6. The molecule has 3 aromatic rings. The Morgan fingerprint density at radius 1 is 1.24 bits per heavy atom. The summed E-state index contributed by atoms with van der Waals surface area (Å²) in [4.78, 5) is 16.8. The smallest absolute Gasteiger partial charge is 0.228 e. The SMILES string of the molecule is C=C(/C=C\C(=C/C)Oc1ccnc2ccc([SH](=O)=O)cc12)CC(=O)Nc1cnn(C(C)(C)C)c1. The molecule has 0 aliphatic rings. The molecule has 0 aliphatic carbocycles. The third-order valence-electron chi connectivity index (χ3n) is 4.83. The van der Waals surface area contributed by atoms with E-state index >= 15 is 0 Å². The lowest BCUT2D eigenvalue weighted by atomic mass is 10.1. The van der Waals surface area contributed by atoms with Gasteiger partial charge < -0.3 is 10.1 Å². The Morgan fingerprint density at radius 3 is 2.65 bits per heavy atom. The molecule has 8 nitrogen and oxygen atoms in total. The predicted octanol–water partition coefficient (Wildman–Crippen LogP) is 4.58. The number of amides is 1. The number of nitrogens with zero attached hydrogens (tertiary/aromatic N) is 3. The highest BCUT2D eigenvalue weighted by atomic mass is 32.2. The maximum absolute atomic E-state index is 12.4. The van der Waals surface area contributed by atoms with Crippen molar-refractivity contribution in [2.24, 2.45) is 0 Å². The maximum Gasteiger partial charge on any atom is 0.228 e. The Balaban J connectivity index is 1.65. The first kappa shape index (κ1) is 24.9. The summed E-state index contributed by atoms with van der Waals surface area (Å²) in [6.07, 6.45) is 10.3. The highest BCUT2D eigenvalue weighted by Crippen LogP contribution is 2.27. The summed E-state index contributed by atoms with van der Waals surface area (Å²) >= 11 is 0. The number of thiol groups is 1. The molecule has 0 saturated heterocycles. The predicted molar refractivity (Wildman–Crippen MR) is 133 cm³/mol. The van der Waals surface area contributed by atoms with Crippen molar-refractivity contribution in [2.75, 3.05) is 5.32 Å². The highest BCUT2D eigenvalue weighted by Gasteiger charge is 2.15. The second-order valence-electron chi connectivity index (χ2n) is 8.62. The molecule has 1 N–H and O–H groups in total. The monoisotopic (exact) mass is 480 g/mol. The van der Waals surface area contributed by atoms with Crippen LogP contribution in [0.3, 0.4) is 0 Å². The quantitative estimate of drug-likeness (QED) is 0.278. The second kappa shape index (κ2) is 10.5. The van der Waals surface area contributed by atoms with E-state index in [-0.39, 0.29) is 22.8 Å². The number of carbonyl (C=O) groups excluding carboxylic acids is 1. The summed E-state index contributed by atoms with van der Waals surface area (Å²) in [6.45, 7) is 11.8. The summed E-state index contributed by atoms with van der Waals surface area (Å²) < 4.78 is 30.5. The molecule has 1 aromatic carbocycles. The van der Waals surface area contributed by atoms with Gasteiger partial charge in [-0.05, 0) is 69.7 Å². The largest absolute Gasteiger partial charge is 0.457 e. The number of allylic oxidation sites excluding steroid dienone is 3. The van der Waals surface area contributed by atoms with Crippen LogP contribution in [0.5, 0.6) is 5.75 Å². The van der Waals surface area contributed by atoms with Crippen molar-refractivity contribution in [2.45, 2.75) is 44.6 Å². The van der Waals surface area contributed by atoms with Crippen molar-refractivity contribution in [3.05, 3.63) is 79.0 Å². The van der Waals surface area contributed by atoms with E-state index in [2.05, 4.69) is 22.0 Å².